The number of phosphoric ester groups is 2. The van der Waals surface area contributed by atoms with Gasteiger partial charge in [0.1, 0.15) is 19.3 Å². The van der Waals surface area contributed by atoms with Crippen molar-refractivity contribution in [2.24, 2.45) is 23.7 Å². The van der Waals surface area contributed by atoms with Crippen LogP contribution >= 0.6 is 15.6 Å². The first-order valence-corrected chi connectivity index (χ1v) is 37.3. The molecule has 0 fully saturated rings. The molecule has 4 unspecified atom stereocenters. The number of rotatable bonds is 63. The molecule has 0 saturated heterocycles. The lowest BCUT2D eigenvalue weighted by Gasteiger charge is -2.21. The van der Waals surface area contributed by atoms with Gasteiger partial charge in [0, 0.05) is 25.7 Å². The number of carbonyl (C=O) groups is 4. The SMILES string of the molecule is CCC(C)CCCCCCCCC(=O)OC[C@H](COP(=O)(O)OC[C@H](O)COP(=O)(O)OC[C@@H](COC(=O)CCCCCCCCCCCCCCC(C)C)OC(=O)CCCCCCCCCC(C)C)OC(=O)CCCCCCCCC(C)CC. The minimum Gasteiger partial charge on any atom is -0.462 e. The van der Waals surface area contributed by atoms with Crippen LogP contribution in [0, 0.1) is 23.7 Å². The molecular weight excluding hydrogens is 1130 g/mol. The van der Waals surface area contributed by atoms with Crippen molar-refractivity contribution in [3.8, 4) is 0 Å². The molecule has 0 amide bonds. The average molecular weight is 1260 g/mol. The first-order valence-electron chi connectivity index (χ1n) is 34.3. The topological polar surface area (TPSA) is 237 Å². The molecule has 0 saturated carbocycles. The lowest BCUT2D eigenvalue weighted by atomic mass is 10.00. The fourth-order valence-electron chi connectivity index (χ4n) is 9.72. The molecule has 0 aliphatic heterocycles. The molecule has 0 rings (SSSR count). The Morgan fingerprint density at radius 1 is 0.329 bits per heavy atom. The Labute approximate surface area is 517 Å². The molecule has 0 aromatic carbocycles. The maximum Gasteiger partial charge on any atom is 0.472 e. The van der Waals surface area contributed by atoms with E-state index in [-0.39, 0.29) is 25.7 Å². The molecule has 19 heteroatoms. The quantitative estimate of drug-likeness (QED) is 0.0222. The number of esters is 4. The monoisotopic (exact) mass is 1250 g/mol. The molecular formula is C66H128O17P2. The second-order valence-electron chi connectivity index (χ2n) is 25.3. The standard InChI is InChI=1S/C66H128O17P2/c1-9-58(7)44-36-28-22-24-31-39-47-64(69)77-53-62(83-66(71)49-41-33-25-23-29-37-45-59(8)10-2)55-81-85(74,75)79-51-60(67)50-78-84(72,73)80-54-61(82-65(70)48-40-32-21-17-19-27-35-43-57(5)6)52-76-63(68)46-38-30-20-16-14-12-11-13-15-18-26-34-42-56(3)4/h56-62,67H,9-55H2,1-8H3,(H,72,73)(H,74,75)/t58?,59?,60-,61-,62-/m1/s1. The van der Waals surface area contributed by atoms with Crippen molar-refractivity contribution in [2.75, 3.05) is 39.6 Å². The van der Waals surface area contributed by atoms with Gasteiger partial charge in [0.25, 0.3) is 0 Å². The predicted molar refractivity (Wildman–Crippen MR) is 340 cm³/mol. The molecule has 0 aromatic heterocycles. The Bertz CT molecular complexity index is 1700. The second-order valence-corrected chi connectivity index (χ2v) is 28.2. The Balaban J connectivity index is 5.23. The number of aliphatic hydroxyl groups is 1. The number of unbranched alkanes of at least 4 members (excludes halogenated alkanes) is 27. The van der Waals surface area contributed by atoms with Crippen LogP contribution in [0.25, 0.3) is 0 Å². The van der Waals surface area contributed by atoms with Gasteiger partial charge in [-0.25, -0.2) is 9.13 Å². The maximum atomic E-state index is 13.0. The summed E-state index contributed by atoms with van der Waals surface area (Å²) in [6.07, 6.45) is 36.4. The molecule has 0 aromatic rings. The fourth-order valence-corrected chi connectivity index (χ4v) is 11.3. The summed E-state index contributed by atoms with van der Waals surface area (Å²) in [4.78, 5) is 72.3. The molecule has 7 atom stereocenters. The summed E-state index contributed by atoms with van der Waals surface area (Å²) in [5, 5.41) is 10.5. The number of hydrogen-bond donors (Lipinski definition) is 3. The lowest BCUT2D eigenvalue weighted by molar-refractivity contribution is -0.161. The highest BCUT2D eigenvalue weighted by molar-refractivity contribution is 7.47. The van der Waals surface area contributed by atoms with E-state index >= 15 is 0 Å². The van der Waals surface area contributed by atoms with Gasteiger partial charge in [-0.3, -0.25) is 37.3 Å². The van der Waals surface area contributed by atoms with Gasteiger partial charge in [-0.1, -0.05) is 267 Å². The van der Waals surface area contributed by atoms with Crippen LogP contribution in [0.2, 0.25) is 0 Å². The van der Waals surface area contributed by atoms with Gasteiger partial charge in [0.2, 0.25) is 0 Å². The molecule has 0 spiro atoms. The molecule has 17 nitrogen and oxygen atoms in total. The normalized spacial score (nSPS) is 15.0. The highest BCUT2D eigenvalue weighted by atomic mass is 31.2. The van der Waals surface area contributed by atoms with E-state index in [9.17, 15) is 43.2 Å². The Hall–Kier alpha value is -1.94. The minimum absolute atomic E-state index is 0.101. The van der Waals surface area contributed by atoms with E-state index in [0.29, 0.717) is 31.6 Å². The largest absolute Gasteiger partial charge is 0.472 e. The third-order valence-electron chi connectivity index (χ3n) is 15.8. The Morgan fingerprint density at radius 2 is 0.565 bits per heavy atom. The van der Waals surface area contributed by atoms with E-state index < -0.39 is 97.5 Å². The number of phosphoric acid groups is 2. The van der Waals surface area contributed by atoms with E-state index in [1.165, 1.54) is 116 Å². The summed E-state index contributed by atoms with van der Waals surface area (Å²) in [7, 11) is -9.89. The number of carbonyl (C=O) groups excluding carboxylic acids is 4. The van der Waals surface area contributed by atoms with E-state index in [1.807, 2.05) is 0 Å². The van der Waals surface area contributed by atoms with Crippen molar-refractivity contribution < 1.29 is 80.2 Å². The van der Waals surface area contributed by atoms with Crippen molar-refractivity contribution in [1.29, 1.82) is 0 Å². The fraction of sp³-hybridized carbons (Fsp3) is 0.939. The zero-order valence-electron chi connectivity index (χ0n) is 55.2. The Kier molecular flexibility index (Phi) is 54.8. The van der Waals surface area contributed by atoms with Crippen LogP contribution in [0.1, 0.15) is 319 Å². The van der Waals surface area contributed by atoms with Crippen molar-refractivity contribution in [2.45, 2.75) is 337 Å². The van der Waals surface area contributed by atoms with E-state index in [4.69, 9.17) is 37.0 Å². The average Bonchev–Trinajstić information content (AvgIpc) is 3.51. The van der Waals surface area contributed by atoms with E-state index in [0.717, 1.165) is 114 Å². The van der Waals surface area contributed by atoms with Crippen LogP contribution < -0.4 is 0 Å². The van der Waals surface area contributed by atoms with Gasteiger partial charge in [0.15, 0.2) is 12.2 Å². The van der Waals surface area contributed by atoms with Crippen molar-refractivity contribution >= 4 is 39.5 Å². The first-order chi connectivity index (χ1) is 40.7. The van der Waals surface area contributed by atoms with Gasteiger partial charge in [0.05, 0.1) is 26.4 Å². The van der Waals surface area contributed by atoms with Gasteiger partial charge >= 0.3 is 39.5 Å². The summed E-state index contributed by atoms with van der Waals surface area (Å²) >= 11 is 0. The van der Waals surface area contributed by atoms with Crippen LogP contribution in [0.15, 0.2) is 0 Å². The van der Waals surface area contributed by atoms with Crippen LogP contribution in [-0.4, -0.2) is 96.7 Å². The Morgan fingerprint density at radius 3 is 0.835 bits per heavy atom. The third kappa shape index (κ3) is 58.2. The molecule has 0 heterocycles. The molecule has 504 valence electrons. The second kappa shape index (κ2) is 56.1. The van der Waals surface area contributed by atoms with Crippen LogP contribution in [0.5, 0.6) is 0 Å². The van der Waals surface area contributed by atoms with Crippen molar-refractivity contribution in [1.82, 2.24) is 0 Å². The van der Waals surface area contributed by atoms with Crippen LogP contribution in [0.4, 0.5) is 0 Å². The summed E-state index contributed by atoms with van der Waals surface area (Å²) in [6, 6.07) is 0. The third-order valence-corrected chi connectivity index (χ3v) is 17.7. The molecule has 0 aliphatic carbocycles. The van der Waals surface area contributed by atoms with Gasteiger partial charge in [-0.05, 0) is 49.4 Å². The number of hydrogen-bond acceptors (Lipinski definition) is 15. The highest BCUT2D eigenvalue weighted by Crippen LogP contribution is 2.45. The zero-order chi connectivity index (χ0) is 63.2. The lowest BCUT2D eigenvalue weighted by Crippen LogP contribution is -2.30. The summed E-state index contributed by atoms with van der Waals surface area (Å²) < 4.78 is 68.0. The van der Waals surface area contributed by atoms with Crippen LogP contribution in [0.3, 0.4) is 0 Å². The van der Waals surface area contributed by atoms with Gasteiger partial charge < -0.3 is 33.8 Å². The first kappa shape index (κ1) is 83.1. The summed E-state index contributed by atoms with van der Waals surface area (Å²) in [6.45, 7) is 14.0. The van der Waals surface area contributed by atoms with Crippen molar-refractivity contribution in [3.05, 3.63) is 0 Å². The molecule has 0 aliphatic rings. The molecule has 3 N–H and O–H groups in total. The van der Waals surface area contributed by atoms with E-state index in [2.05, 4.69) is 55.4 Å². The van der Waals surface area contributed by atoms with Crippen LogP contribution in [-0.2, 0) is 65.4 Å². The van der Waals surface area contributed by atoms with Gasteiger partial charge in [-0.2, -0.15) is 0 Å². The van der Waals surface area contributed by atoms with Gasteiger partial charge in [-0.15, -0.1) is 0 Å². The predicted octanol–water partition coefficient (Wildman–Crippen LogP) is 18.1. The highest BCUT2D eigenvalue weighted by Gasteiger charge is 2.30. The van der Waals surface area contributed by atoms with Crippen molar-refractivity contribution in [3.63, 3.8) is 0 Å². The molecule has 0 radical (unpaired) electrons. The maximum absolute atomic E-state index is 13.0. The summed E-state index contributed by atoms with van der Waals surface area (Å²) in [5.74, 6) is 0.788. The number of aliphatic hydroxyl groups excluding tert-OH is 1. The molecule has 0 bridgehead atoms. The smallest absolute Gasteiger partial charge is 0.462 e. The van der Waals surface area contributed by atoms with E-state index in [1.54, 1.807) is 0 Å². The molecule has 85 heavy (non-hydrogen) atoms. The summed E-state index contributed by atoms with van der Waals surface area (Å²) in [5.41, 5.74) is 0. The minimum atomic E-state index is -4.95. The zero-order valence-corrected chi connectivity index (χ0v) is 57.0. The number of ether oxygens (including phenoxy) is 4.